The van der Waals surface area contributed by atoms with E-state index in [4.69, 9.17) is 0 Å². The first-order chi connectivity index (χ1) is 10.5. The van der Waals surface area contributed by atoms with Crippen molar-refractivity contribution < 1.29 is 4.79 Å². The van der Waals surface area contributed by atoms with Gasteiger partial charge < -0.3 is 5.32 Å². The van der Waals surface area contributed by atoms with Gasteiger partial charge in [-0.1, -0.05) is 30.3 Å². The zero-order valence-electron chi connectivity index (χ0n) is 12.4. The molecule has 0 fully saturated rings. The van der Waals surface area contributed by atoms with E-state index in [-0.39, 0.29) is 17.5 Å². The summed E-state index contributed by atoms with van der Waals surface area (Å²) in [5.41, 5.74) is 0.219. The molecule has 0 atom stereocenters. The normalized spacial score (nSPS) is 10.5. The van der Waals surface area contributed by atoms with E-state index in [1.54, 1.807) is 0 Å². The first-order valence-electron chi connectivity index (χ1n) is 6.67. The van der Waals surface area contributed by atoms with Gasteiger partial charge >= 0.3 is 5.69 Å². The molecule has 0 spiro atoms. The van der Waals surface area contributed by atoms with E-state index in [0.29, 0.717) is 0 Å². The molecule has 7 heteroatoms. The predicted octanol–water partition coefficient (Wildman–Crippen LogP) is 0.956. The third kappa shape index (κ3) is 3.88. The number of hydrogen-bond acceptors (Lipinski definition) is 4. The van der Waals surface area contributed by atoms with Gasteiger partial charge in [0, 0.05) is 25.9 Å². The molecule has 0 aliphatic carbocycles. The molecule has 0 unspecified atom stereocenters. The van der Waals surface area contributed by atoms with E-state index in [9.17, 15) is 14.4 Å². The molecule has 0 bridgehead atoms. The van der Waals surface area contributed by atoms with Crippen LogP contribution in [0.1, 0.15) is 5.56 Å². The van der Waals surface area contributed by atoms with Gasteiger partial charge in [0.1, 0.15) is 5.82 Å². The highest BCUT2D eigenvalue weighted by Crippen LogP contribution is 2.12. The lowest BCUT2D eigenvalue weighted by Gasteiger charge is -2.10. The molecule has 1 aromatic heterocycles. The summed E-state index contributed by atoms with van der Waals surface area (Å²) in [7, 11) is 2.90. The van der Waals surface area contributed by atoms with Crippen molar-refractivity contribution in [1.29, 1.82) is 0 Å². The lowest BCUT2D eigenvalue weighted by atomic mass is 10.2. The summed E-state index contributed by atoms with van der Waals surface area (Å²) >= 11 is 1.47. The molecule has 1 N–H and O–H groups in total. The molecule has 2 aromatic rings. The fraction of sp³-hybridized carbons (Fsp3) is 0.267. The summed E-state index contributed by atoms with van der Waals surface area (Å²) in [4.78, 5) is 35.3. The summed E-state index contributed by atoms with van der Waals surface area (Å²) in [6, 6.07) is 11.1. The number of benzene rings is 1. The van der Waals surface area contributed by atoms with E-state index in [1.807, 2.05) is 30.3 Å². The Hall–Kier alpha value is -2.28. The Bertz CT molecular complexity index is 781. The molecule has 0 aliphatic rings. The highest BCUT2D eigenvalue weighted by atomic mass is 32.2. The van der Waals surface area contributed by atoms with Gasteiger partial charge in [0.15, 0.2) is 0 Å². The molecule has 0 saturated carbocycles. The number of aromatic nitrogens is 2. The van der Waals surface area contributed by atoms with Crippen LogP contribution in [0.2, 0.25) is 0 Å². The van der Waals surface area contributed by atoms with Crippen LogP contribution in [0.15, 0.2) is 46.0 Å². The van der Waals surface area contributed by atoms with Crippen LogP contribution >= 0.6 is 11.8 Å². The Balaban J connectivity index is 1.95. The second-order valence-electron chi connectivity index (χ2n) is 4.79. The van der Waals surface area contributed by atoms with Gasteiger partial charge in [0.2, 0.25) is 5.91 Å². The van der Waals surface area contributed by atoms with Gasteiger partial charge in [-0.05, 0) is 5.56 Å². The number of nitrogens with one attached hydrogen (secondary N) is 1. The van der Waals surface area contributed by atoms with Crippen LogP contribution in [0.5, 0.6) is 0 Å². The topological polar surface area (TPSA) is 73.1 Å². The van der Waals surface area contributed by atoms with Crippen molar-refractivity contribution in [3.05, 3.63) is 62.8 Å². The number of hydrogen-bond donors (Lipinski definition) is 1. The van der Waals surface area contributed by atoms with Crippen LogP contribution in [0.3, 0.4) is 0 Å². The van der Waals surface area contributed by atoms with E-state index in [2.05, 4.69) is 5.32 Å². The number of rotatable bonds is 5. The van der Waals surface area contributed by atoms with Crippen LogP contribution < -0.4 is 16.6 Å². The molecule has 0 saturated heterocycles. The lowest BCUT2D eigenvalue weighted by molar-refractivity contribution is -0.113. The van der Waals surface area contributed by atoms with Crippen molar-refractivity contribution >= 4 is 23.5 Å². The molecule has 1 amide bonds. The van der Waals surface area contributed by atoms with Gasteiger partial charge in [-0.3, -0.25) is 18.7 Å². The Kier molecular flexibility index (Phi) is 5.21. The smallest absolute Gasteiger partial charge is 0.311 e. The molecule has 2 rings (SSSR count). The van der Waals surface area contributed by atoms with Crippen molar-refractivity contribution in [2.45, 2.75) is 5.75 Å². The summed E-state index contributed by atoms with van der Waals surface area (Å²) in [5, 5.41) is 2.60. The first-order valence-corrected chi connectivity index (χ1v) is 7.83. The highest BCUT2D eigenvalue weighted by molar-refractivity contribution is 7.99. The maximum absolute atomic E-state index is 11.9. The van der Waals surface area contributed by atoms with Crippen LogP contribution in [0.4, 0.5) is 5.82 Å². The Morgan fingerprint density at radius 2 is 1.82 bits per heavy atom. The SMILES string of the molecule is Cn1c(NC(=O)CSCc2ccccc2)cc(=O)n(C)c1=O. The largest absolute Gasteiger partial charge is 0.332 e. The zero-order chi connectivity index (χ0) is 16.1. The summed E-state index contributed by atoms with van der Waals surface area (Å²) < 4.78 is 2.22. The van der Waals surface area contributed by atoms with Crippen molar-refractivity contribution in [3.8, 4) is 0 Å². The molecule has 22 heavy (non-hydrogen) atoms. The summed E-state index contributed by atoms with van der Waals surface area (Å²) in [6.45, 7) is 0. The molecule has 6 nitrogen and oxygen atoms in total. The van der Waals surface area contributed by atoms with Crippen LogP contribution in [0, 0.1) is 0 Å². The molecular formula is C15H17N3O3S. The maximum Gasteiger partial charge on any atom is 0.332 e. The van der Waals surface area contributed by atoms with Gasteiger partial charge in [-0.2, -0.15) is 0 Å². The minimum absolute atomic E-state index is 0.207. The molecule has 0 aliphatic heterocycles. The average Bonchev–Trinajstić information content (AvgIpc) is 2.51. The van der Waals surface area contributed by atoms with Crippen molar-refractivity contribution in [1.82, 2.24) is 9.13 Å². The lowest BCUT2D eigenvalue weighted by Crippen LogP contribution is -2.38. The standard InChI is InChI=1S/C15H17N3O3S/c1-17-12(8-14(20)18(2)15(17)21)16-13(19)10-22-9-11-6-4-3-5-7-11/h3-8H,9-10H2,1-2H3,(H,16,19). The van der Waals surface area contributed by atoms with Crippen LogP contribution in [0.25, 0.3) is 0 Å². The quantitative estimate of drug-likeness (QED) is 0.891. The van der Waals surface area contributed by atoms with Gasteiger partial charge in [0.05, 0.1) is 5.75 Å². The van der Waals surface area contributed by atoms with E-state index in [0.717, 1.165) is 15.9 Å². The molecule has 1 aromatic carbocycles. The molecular weight excluding hydrogens is 302 g/mol. The van der Waals surface area contributed by atoms with Gasteiger partial charge in [-0.15, -0.1) is 11.8 Å². The first kappa shape index (κ1) is 16.1. The number of thioether (sulfide) groups is 1. The Morgan fingerprint density at radius 1 is 1.14 bits per heavy atom. The molecule has 1 heterocycles. The number of anilines is 1. The second kappa shape index (κ2) is 7.13. The minimum Gasteiger partial charge on any atom is -0.311 e. The summed E-state index contributed by atoms with van der Waals surface area (Å²) in [5.74, 6) is 0.935. The minimum atomic E-state index is -0.472. The third-order valence-electron chi connectivity index (χ3n) is 3.14. The zero-order valence-corrected chi connectivity index (χ0v) is 13.2. The number of carbonyl (C=O) groups is 1. The Labute approximate surface area is 131 Å². The Morgan fingerprint density at radius 3 is 2.50 bits per heavy atom. The fourth-order valence-corrected chi connectivity index (χ4v) is 2.66. The molecule has 0 radical (unpaired) electrons. The predicted molar refractivity (Wildman–Crippen MR) is 88.2 cm³/mol. The second-order valence-corrected chi connectivity index (χ2v) is 5.78. The highest BCUT2D eigenvalue weighted by Gasteiger charge is 2.09. The van der Waals surface area contributed by atoms with E-state index >= 15 is 0 Å². The third-order valence-corrected chi connectivity index (χ3v) is 4.14. The summed E-state index contributed by atoms with van der Waals surface area (Å²) in [6.07, 6.45) is 0. The maximum atomic E-state index is 11.9. The van der Waals surface area contributed by atoms with Crippen LogP contribution in [-0.4, -0.2) is 20.8 Å². The van der Waals surface area contributed by atoms with Gasteiger partial charge in [-0.25, -0.2) is 4.79 Å². The van der Waals surface area contributed by atoms with E-state index in [1.165, 1.54) is 36.5 Å². The van der Waals surface area contributed by atoms with Crippen LogP contribution in [-0.2, 0) is 24.6 Å². The number of nitrogens with zero attached hydrogens (tertiary/aromatic N) is 2. The monoisotopic (exact) mass is 319 g/mol. The van der Waals surface area contributed by atoms with Crippen molar-refractivity contribution in [2.24, 2.45) is 14.1 Å². The molecule has 116 valence electrons. The number of amides is 1. The average molecular weight is 319 g/mol. The van der Waals surface area contributed by atoms with E-state index < -0.39 is 11.2 Å². The number of carbonyl (C=O) groups excluding carboxylic acids is 1. The van der Waals surface area contributed by atoms with Gasteiger partial charge in [0.25, 0.3) is 5.56 Å². The fourth-order valence-electron chi connectivity index (χ4n) is 1.87. The van der Waals surface area contributed by atoms with Crippen molar-refractivity contribution in [2.75, 3.05) is 11.1 Å². The van der Waals surface area contributed by atoms with Crippen molar-refractivity contribution in [3.63, 3.8) is 0 Å².